The van der Waals surface area contributed by atoms with Gasteiger partial charge in [-0.1, -0.05) is 56.5 Å². The van der Waals surface area contributed by atoms with Crippen molar-refractivity contribution >= 4 is 46.1 Å². The van der Waals surface area contributed by atoms with Crippen molar-refractivity contribution in [3.8, 4) is 0 Å². The van der Waals surface area contributed by atoms with Gasteiger partial charge in [0.25, 0.3) is 5.91 Å². The molecule has 0 saturated heterocycles. The zero-order valence-corrected chi connectivity index (χ0v) is 21.5. The highest BCUT2D eigenvalue weighted by molar-refractivity contribution is 6.29. The van der Waals surface area contributed by atoms with E-state index in [1.165, 1.54) is 4.90 Å². The first-order valence-corrected chi connectivity index (χ1v) is 12.7. The number of carbonyl (C=O) groups is 3. The van der Waals surface area contributed by atoms with E-state index >= 15 is 0 Å². The van der Waals surface area contributed by atoms with Crippen LogP contribution in [0.4, 0.5) is 5.82 Å². The van der Waals surface area contributed by atoms with E-state index in [1.54, 1.807) is 55.5 Å². The molecular formula is C28H30ClN3O4. The Kier molecular flexibility index (Phi) is 7.99. The molecular weight excluding hydrogens is 478 g/mol. The second kappa shape index (κ2) is 11.2. The van der Waals surface area contributed by atoms with Crippen molar-refractivity contribution in [2.24, 2.45) is 11.8 Å². The van der Waals surface area contributed by atoms with Crippen LogP contribution < -0.4 is 4.90 Å². The number of rotatable bonds is 10. The van der Waals surface area contributed by atoms with Crippen LogP contribution in [0.3, 0.4) is 0 Å². The molecule has 2 unspecified atom stereocenters. The van der Waals surface area contributed by atoms with Crippen LogP contribution in [-0.2, 0) is 14.3 Å². The Labute approximate surface area is 215 Å². The first-order chi connectivity index (χ1) is 17.3. The average Bonchev–Trinajstić information content (AvgIpc) is 3.14. The van der Waals surface area contributed by atoms with E-state index in [-0.39, 0.29) is 29.9 Å². The van der Waals surface area contributed by atoms with Gasteiger partial charge in [-0.25, -0.2) is 9.97 Å². The molecule has 188 valence electrons. The number of aromatic nitrogens is 2. The maximum atomic E-state index is 13.6. The zero-order valence-electron chi connectivity index (χ0n) is 20.7. The summed E-state index contributed by atoms with van der Waals surface area (Å²) in [7, 11) is 0. The van der Waals surface area contributed by atoms with Gasteiger partial charge in [0.05, 0.1) is 12.6 Å². The molecule has 7 nitrogen and oxygen atoms in total. The molecule has 2 aromatic heterocycles. The van der Waals surface area contributed by atoms with Gasteiger partial charge in [0.15, 0.2) is 5.65 Å². The molecule has 0 fully saturated rings. The Morgan fingerprint density at radius 3 is 2.56 bits per heavy atom. The summed E-state index contributed by atoms with van der Waals surface area (Å²) in [6.45, 7) is 6.12. The smallest absolute Gasteiger partial charge is 0.318 e. The first-order valence-electron chi connectivity index (χ1n) is 12.4. The van der Waals surface area contributed by atoms with Crippen LogP contribution in [0.1, 0.15) is 68.4 Å². The number of hydrogen-bond donors (Lipinski definition) is 0. The number of fused-ring (bicyclic) bond motifs is 2. The van der Waals surface area contributed by atoms with Crippen LogP contribution in [0.5, 0.6) is 0 Å². The quantitative estimate of drug-likeness (QED) is 0.146. The van der Waals surface area contributed by atoms with Gasteiger partial charge in [0, 0.05) is 17.4 Å². The van der Waals surface area contributed by atoms with Gasteiger partial charge in [-0.3, -0.25) is 19.3 Å². The van der Waals surface area contributed by atoms with Crippen molar-refractivity contribution in [1.82, 2.24) is 9.97 Å². The molecule has 8 heteroatoms. The van der Waals surface area contributed by atoms with E-state index in [1.807, 2.05) is 0 Å². The number of benzene rings is 1. The summed E-state index contributed by atoms with van der Waals surface area (Å²) in [6.07, 6.45) is 2.80. The summed E-state index contributed by atoms with van der Waals surface area (Å²) in [6, 6.07) is 13.1. The zero-order chi connectivity index (χ0) is 25.8. The van der Waals surface area contributed by atoms with Gasteiger partial charge in [0.1, 0.15) is 22.7 Å². The van der Waals surface area contributed by atoms with E-state index in [2.05, 4.69) is 23.8 Å². The molecule has 1 aliphatic heterocycles. The van der Waals surface area contributed by atoms with Gasteiger partial charge in [-0.05, 0) is 55.2 Å². The highest BCUT2D eigenvalue weighted by atomic mass is 35.5. The molecule has 2 atom stereocenters. The third-order valence-corrected chi connectivity index (χ3v) is 6.63. The molecule has 0 radical (unpaired) electrons. The largest absolute Gasteiger partial charge is 0.465 e. The molecule has 1 amide bonds. The highest BCUT2D eigenvalue weighted by Gasteiger charge is 2.48. The van der Waals surface area contributed by atoms with Crippen molar-refractivity contribution in [2.45, 2.75) is 52.5 Å². The number of pyridine rings is 2. The van der Waals surface area contributed by atoms with E-state index in [4.69, 9.17) is 16.3 Å². The number of esters is 1. The van der Waals surface area contributed by atoms with Gasteiger partial charge < -0.3 is 4.74 Å². The molecule has 0 spiro atoms. The van der Waals surface area contributed by atoms with Crippen molar-refractivity contribution in [1.29, 1.82) is 0 Å². The van der Waals surface area contributed by atoms with Crippen LogP contribution in [0, 0.1) is 11.8 Å². The lowest BCUT2D eigenvalue weighted by atomic mass is 9.87. The fourth-order valence-corrected chi connectivity index (χ4v) is 4.84. The minimum absolute atomic E-state index is 0.134. The Hall–Kier alpha value is -3.32. The Balaban J connectivity index is 1.77. The standard InChI is InChI=1S/C28H30ClN3O4/c1-4-36-28(35)24(21(33)12-8-5-9-17(2)3)25-19-10-6-7-11-20(19)27(34)32(25)23-16-14-18-13-15-22(29)30-26(18)31-23/h6-7,10-11,13-17,24-25H,4-5,8-9,12H2,1-3H3. The average molecular weight is 508 g/mol. The maximum absolute atomic E-state index is 13.6. The lowest BCUT2D eigenvalue weighted by Crippen LogP contribution is -2.40. The van der Waals surface area contributed by atoms with Crippen molar-refractivity contribution in [2.75, 3.05) is 11.5 Å². The van der Waals surface area contributed by atoms with Gasteiger partial charge >= 0.3 is 5.97 Å². The molecule has 36 heavy (non-hydrogen) atoms. The summed E-state index contributed by atoms with van der Waals surface area (Å²) in [5, 5.41) is 1.03. The summed E-state index contributed by atoms with van der Waals surface area (Å²) >= 11 is 6.07. The lowest BCUT2D eigenvalue weighted by molar-refractivity contribution is -0.152. The van der Waals surface area contributed by atoms with Crippen molar-refractivity contribution in [3.63, 3.8) is 0 Å². The van der Waals surface area contributed by atoms with Gasteiger partial charge in [-0.15, -0.1) is 0 Å². The second-order valence-electron chi connectivity index (χ2n) is 9.39. The monoisotopic (exact) mass is 507 g/mol. The lowest BCUT2D eigenvalue weighted by Gasteiger charge is -2.30. The van der Waals surface area contributed by atoms with Crippen LogP contribution in [0.2, 0.25) is 5.15 Å². The number of anilines is 1. The van der Waals surface area contributed by atoms with E-state index in [0.29, 0.717) is 34.9 Å². The Morgan fingerprint density at radius 2 is 1.81 bits per heavy atom. The number of hydrogen-bond acceptors (Lipinski definition) is 6. The van der Waals surface area contributed by atoms with Crippen LogP contribution in [-0.4, -0.2) is 34.2 Å². The third-order valence-electron chi connectivity index (χ3n) is 6.42. The molecule has 1 aromatic carbocycles. The van der Waals surface area contributed by atoms with Crippen molar-refractivity contribution < 1.29 is 19.1 Å². The number of ketones is 1. The summed E-state index contributed by atoms with van der Waals surface area (Å²) in [5.74, 6) is -1.53. The highest BCUT2D eigenvalue weighted by Crippen LogP contribution is 2.42. The SMILES string of the molecule is CCOC(=O)C(C(=O)CCCCC(C)C)C1c2ccccc2C(=O)N1c1ccc2ccc(Cl)nc2n1. The summed E-state index contributed by atoms with van der Waals surface area (Å²) in [4.78, 5) is 50.7. The maximum Gasteiger partial charge on any atom is 0.318 e. The number of Topliss-reactive ketones (excluding diaryl/α,β-unsaturated/α-hetero) is 1. The minimum Gasteiger partial charge on any atom is -0.465 e. The molecule has 0 bridgehead atoms. The van der Waals surface area contributed by atoms with E-state index in [0.717, 1.165) is 18.2 Å². The second-order valence-corrected chi connectivity index (χ2v) is 9.78. The molecule has 0 saturated carbocycles. The van der Waals surface area contributed by atoms with Crippen LogP contribution in [0.25, 0.3) is 11.0 Å². The number of nitrogens with zero attached hydrogens (tertiary/aromatic N) is 3. The van der Waals surface area contributed by atoms with Gasteiger partial charge in [-0.2, -0.15) is 0 Å². The number of amides is 1. The van der Waals surface area contributed by atoms with Gasteiger partial charge in [0.2, 0.25) is 0 Å². The van der Waals surface area contributed by atoms with Crippen LogP contribution >= 0.6 is 11.6 Å². The number of halogens is 1. The molecule has 3 heterocycles. The summed E-state index contributed by atoms with van der Waals surface area (Å²) < 4.78 is 5.35. The predicted octanol–water partition coefficient (Wildman–Crippen LogP) is 5.95. The molecule has 0 aliphatic carbocycles. The topological polar surface area (TPSA) is 89.5 Å². The first kappa shape index (κ1) is 25.8. The Bertz CT molecular complexity index is 1290. The number of carbonyl (C=O) groups excluding carboxylic acids is 3. The fraction of sp³-hybridized carbons (Fsp3) is 0.393. The predicted molar refractivity (Wildman–Crippen MR) is 139 cm³/mol. The fourth-order valence-electron chi connectivity index (χ4n) is 4.70. The number of ether oxygens (including phenoxy) is 1. The normalized spacial score (nSPS) is 15.9. The van der Waals surface area contributed by atoms with Crippen molar-refractivity contribution in [3.05, 3.63) is 64.8 Å². The summed E-state index contributed by atoms with van der Waals surface area (Å²) in [5.41, 5.74) is 1.41. The number of unbranched alkanes of at least 4 members (excludes halogenated alkanes) is 1. The molecule has 1 aliphatic rings. The molecule has 0 N–H and O–H groups in total. The van der Waals surface area contributed by atoms with E-state index in [9.17, 15) is 14.4 Å². The minimum atomic E-state index is -1.17. The Morgan fingerprint density at radius 1 is 1.06 bits per heavy atom. The third kappa shape index (κ3) is 5.26. The van der Waals surface area contributed by atoms with E-state index < -0.39 is 17.9 Å². The van der Waals surface area contributed by atoms with Crippen LogP contribution in [0.15, 0.2) is 48.5 Å². The molecule has 4 rings (SSSR count). The molecule has 3 aromatic rings.